The molecule has 0 fully saturated rings. The molecule has 0 radical (unpaired) electrons. The molecule has 18 heavy (non-hydrogen) atoms. The Hall–Kier alpha value is -0.710. The van der Waals surface area contributed by atoms with Crippen molar-refractivity contribution in [1.29, 1.82) is 0 Å². The third-order valence-corrected chi connectivity index (χ3v) is 4.39. The van der Waals surface area contributed by atoms with Crippen molar-refractivity contribution in [2.24, 2.45) is 0 Å². The van der Waals surface area contributed by atoms with Crippen LogP contribution in [0.15, 0.2) is 40.2 Å². The smallest absolute Gasteiger partial charge is 0.137 e. The summed E-state index contributed by atoms with van der Waals surface area (Å²) in [7, 11) is 0. The number of hydrogen-bond donors (Lipinski definition) is 1. The summed E-state index contributed by atoms with van der Waals surface area (Å²) in [5.41, 5.74) is 1.09. The number of rotatable bonds is 5. The molecule has 1 aromatic carbocycles. The van der Waals surface area contributed by atoms with Gasteiger partial charge in [0.15, 0.2) is 0 Å². The zero-order valence-electron chi connectivity index (χ0n) is 10.1. The summed E-state index contributed by atoms with van der Waals surface area (Å²) in [5.74, 6) is -0.218. The Balaban J connectivity index is 1.87. The summed E-state index contributed by atoms with van der Waals surface area (Å²) in [4.78, 5) is 1.38. The van der Waals surface area contributed by atoms with Crippen LogP contribution in [0, 0.1) is 5.82 Å². The molecule has 0 aliphatic heterocycles. The first-order chi connectivity index (χ1) is 8.66. The van der Waals surface area contributed by atoms with Crippen LogP contribution in [0.4, 0.5) is 4.39 Å². The standard InChI is InChI=1S/C14H15BrFNS/c1-10(11-4-5-14(16)13(15)9-11)17-7-6-12-3-2-8-18-12/h2-5,8-10,17H,6-7H2,1H3. The van der Waals surface area contributed by atoms with Gasteiger partial charge in [-0.1, -0.05) is 12.1 Å². The maximum absolute atomic E-state index is 13.1. The van der Waals surface area contributed by atoms with Gasteiger partial charge in [-0.3, -0.25) is 0 Å². The van der Waals surface area contributed by atoms with Crippen molar-refractivity contribution < 1.29 is 4.39 Å². The minimum atomic E-state index is -0.218. The van der Waals surface area contributed by atoms with Gasteiger partial charge in [0, 0.05) is 17.5 Å². The molecule has 0 saturated carbocycles. The first-order valence-corrected chi connectivity index (χ1v) is 7.55. The van der Waals surface area contributed by atoms with Gasteiger partial charge >= 0.3 is 0 Å². The largest absolute Gasteiger partial charge is 0.310 e. The van der Waals surface area contributed by atoms with Crippen molar-refractivity contribution in [1.82, 2.24) is 5.32 Å². The van der Waals surface area contributed by atoms with Crippen molar-refractivity contribution >= 4 is 27.3 Å². The lowest BCUT2D eigenvalue weighted by atomic mass is 10.1. The van der Waals surface area contributed by atoms with Gasteiger partial charge in [-0.2, -0.15) is 0 Å². The van der Waals surface area contributed by atoms with E-state index in [1.54, 1.807) is 11.3 Å². The monoisotopic (exact) mass is 327 g/mol. The fourth-order valence-electron chi connectivity index (χ4n) is 1.77. The molecule has 0 saturated heterocycles. The third-order valence-electron chi connectivity index (χ3n) is 2.85. The van der Waals surface area contributed by atoms with Crippen molar-refractivity contribution in [3.05, 3.63) is 56.4 Å². The average Bonchev–Trinajstić information content (AvgIpc) is 2.85. The summed E-state index contributed by atoms with van der Waals surface area (Å²) in [5, 5.41) is 5.54. The van der Waals surface area contributed by atoms with Crippen molar-refractivity contribution in [3.8, 4) is 0 Å². The highest BCUT2D eigenvalue weighted by Crippen LogP contribution is 2.21. The van der Waals surface area contributed by atoms with Crippen molar-refractivity contribution in [2.45, 2.75) is 19.4 Å². The van der Waals surface area contributed by atoms with Crippen LogP contribution in [-0.2, 0) is 6.42 Å². The lowest BCUT2D eigenvalue weighted by Gasteiger charge is -2.14. The molecule has 1 heterocycles. The van der Waals surface area contributed by atoms with Crippen LogP contribution in [0.5, 0.6) is 0 Å². The molecule has 0 bridgehead atoms. The van der Waals surface area contributed by atoms with Gasteiger partial charge in [0.25, 0.3) is 0 Å². The Kier molecular flexibility index (Phi) is 4.92. The predicted molar refractivity (Wildman–Crippen MR) is 78.5 cm³/mol. The Morgan fingerprint density at radius 3 is 2.89 bits per heavy atom. The number of nitrogens with one attached hydrogen (secondary N) is 1. The summed E-state index contributed by atoms with van der Waals surface area (Å²) >= 11 is 4.99. The Morgan fingerprint density at radius 1 is 1.39 bits per heavy atom. The van der Waals surface area contributed by atoms with Crippen LogP contribution in [0.1, 0.15) is 23.4 Å². The molecule has 1 N–H and O–H groups in total. The van der Waals surface area contributed by atoms with E-state index in [4.69, 9.17) is 0 Å². The molecular formula is C14H15BrFNS. The fraction of sp³-hybridized carbons (Fsp3) is 0.286. The average molecular weight is 328 g/mol. The normalized spacial score (nSPS) is 12.6. The Labute approximate surface area is 119 Å². The number of halogens is 2. The van der Waals surface area contributed by atoms with Gasteiger partial charge in [-0.05, 0) is 58.4 Å². The summed E-state index contributed by atoms with van der Waals surface area (Å²) in [6, 6.07) is 9.59. The molecular weight excluding hydrogens is 313 g/mol. The number of thiophene rings is 1. The van der Waals surface area contributed by atoms with Gasteiger partial charge in [-0.25, -0.2) is 4.39 Å². The quantitative estimate of drug-likeness (QED) is 0.849. The van der Waals surface area contributed by atoms with E-state index in [1.165, 1.54) is 10.9 Å². The molecule has 0 spiro atoms. The molecule has 1 atom stereocenters. The van der Waals surface area contributed by atoms with E-state index in [-0.39, 0.29) is 11.9 Å². The summed E-state index contributed by atoms with van der Waals surface area (Å²) in [6.45, 7) is 3.02. The van der Waals surface area contributed by atoms with Crippen molar-refractivity contribution in [3.63, 3.8) is 0 Å². The second-order valence-electron chi connectivity index (χ2n) is 4.18. The first-order valence-electron chi connectivity index (χ1n) is 5.87. The highest BCUT2D eigenvalue weighted by Gasteiger charge is 2.07. The molecule has 0 aliphatic rings. The van der Waals surface area contributed by atoms with Gasteiger partial charge in [0.05, 0.1) is 4.47 Å². The van der Waals surface area contributed by atoms with Gasteiger partial charge in [0.1, 0.15) is 5.82 Å². The second-order valence-corrected chi connectivity index (χ2v) is 6.07. The molecule has 1 nitrogen and oxygen atoms in total. The fourth-order valence-corrected chi connectivity index (χ4v) is 2.87. The lowest BCUT2D eigenvalue weighted by Crippen LogP contribution is -2.21. The molecule has 0 aliphatic carbocycles. The predicted octanol–water partition coefficient (Wildman–Crippen LogP) is 4.54. The third kappa shape index (κ3) is 3.64. The molecule has 1 aromatic heterocycles. The van der Waals surface area contributed by atoms with Crippen LogP contribution in [0.25, 0.3) is 0 Å². The zero-order valence-corrected chi connectivity index (χ0v) is 12.5. The van der Waals surface area contributed by atoms with E-state index in [1.807, 2.05) is 12.1 Å². The summed E-state index contributed by atoms with van der Waals surface area (Å²) < 4.78 is 13.7. The van der Waals surface area contributed by atoms with Crippen LogP contribution in [0.2, 0.25) is 0 Å². The minimum Gasteiger partial charge on any atom is -0.310 e. The summed E-state index contributed by atoms with van der Waals surface area (Å²) in [6.07, 6.45) is 1.03. The van der Waals surface area contributed by atoms with Crippen LogP contribution < -0.4 is 5.32 Å². The maximum Gasteiger partial charge on any atom is 0.137 e. The number of benzene rings is 1. The van der Waals surface area contributed by atoms with E-state index < -0.39 is 0 Å². The van der Waals surface area contributed by atoms with Gasteiger partial charge in [-0.15, -0.1) is 11.3 Å². The Morgan fingerprint density at radius 2 is 2.22 bits per heavy atom. The van der Waals surface area contributed by atoms with E-state index in [9.17, 15) is 4.39 Å². The van der Waals surface area contributed by atoms with Crippen molar-refractivity contribution in [2.75, 3.05) is 6.54 Å². The van der Waals surface area contributed by atoms with Crippen LogP contribution in [0.3, 0.4) is 0 Å². The topological polar surface area (TPSA) is 12.0 Å². The van der Waals surface area contributed by atoms with E-state index in [0.29, 0.717) is 4.47 Å². The highest BCUT2D eigenvalue weighted by atomic mass is 79.9. The van der Waals surface area contributed by atoms with E-state index >= 15 is 0 Å². The van der Waals surface area contributed by atoms with E-state index in [2.05, 4.69) is 45.7 Å². The number of hydrogen-bond acceptors (Lipinski definition) is 2. The lowest BCUT2D eigenvalue weighted by molar-refractivity contribution is 0.573. The van der Waals surface area contributed by atoms with Gasteiger partial charge < -0.3 is 5.32 Å². The minimum absolute atomic E-state index is 0.218. The SMILES string of the molecule is CC(NCCc1cccs1)c1ccc(F)c(Br)c1. The maximum atomic E-state index is 13.1. The van der Waals surface area contributed by atoms with Crippen LogP contribution in [-0.4, -0.2) is 6.54 Å². The highest BCUT2D eigenvalue weighted by molar-refractivity contribution is 9.10. The molecule has 0 amide bonds. The van der Waals surface area contributed by atoms with Crippen LogP contribution >= 0.6 is 27.3 Å². The first kappa shape index (κ1) is 13.7. The molecule has 1 unspecified atom stereocenters. The molecule has 4 heteroatoms. The second kappa shape index (κ2) is 6.45. The molecule has 96 valence electrons. The molecule has 2 rings (SSSR count). The molecule has 2 aromatic rings. The van der Waals surface area contributed by atoms with E-state index in [0.717, 1.165) is 18.5 Å². The zero-order chi connectivity index (χ0) is 13.0. The Bertz CT molecular complexity index is 499. The van der Waals surface area contributed by atoms with Gasteiger partial charge in [0.2, 0.25) is 0 Å².